The number of phenolic OH excluding ortho intramolecular Hbond substituents is 1. The predicted molar refractivity (Wildman–Crippen MR) is 87.8 cm³/mol. The van der Waals surface area contributed by atoms with Crippen molar-refractivity contribution in [2.45, 2.75) is 45.4 Å². The molecule has 0 aliphatic carbocycles. The molecule has 1 heterocycles. The predicted octanol–water partition coefficient (Wildman–Crippen LogP) is 2.67. The summed E-state index contributed by atoms with van der Waals surface area (Å²) in [5.74, 6) is 0.825. The fourth-order valence-electron chi connectivity index (χ4n) is 2.52. The molecule has 6 nitrogen and oxygen atoms in total. The molecule has 2 N–H and O–H groups in total. The minimum Gasteiger partial charge on any atom is -0.507 e. The van der Waals surface area contributed by atoms with Crippen molar-refractivity contribution in [1.82, 2.24) is 10.2 Å². The third kappa shape index (κ3) is 4.51. The van der Waals surface area contributed by atoms with E-state index in [2.05, 4.69) is 5.32 Å². The Morgan fingerprint density at radius 2 is 2.04 bits per heavy atom. The highest BCUT2D eigenvalue weighted by Crippen LogP contribution is 2.29. The zero-order chi connectivity index (χ0) is 17.2. The maximum atomic E-state index is 11.9. The van der Waals surface area contributed by atoms with Gasteiger partial charge in [0.2, 0.25) is 0 Å². The normalized spacial score (nSPS) is 16.7. The van der Waals surface area contributed by atoms with Gasteiger partial charge in [-0.05, 0) is 33.8 Å². The molecular weight excluding hydrogens is 296 g/mol. The number of nitrogens with one attached hydrogen (secondary N) is 1. The Bertz CT molecular complexity index is 562. The summed E-state index contributed by atoms with van der Waals surface area (Å²) in [7, 11) is 1.57. The summed E-state index contributed by atoms with van der Waals surface area (Å²) < 4.78 is 10.4. The number of amides is 1. The summed E-state index contributed by atoms with van der Waals surface area (Å²) in [5.41, 5.74) is 0.333. The lowest BCUT2D eigenvalue weighted by atomic mass is 10.0. The van der Waals surface area contributed by atoms with Gasteiger partial charge in [-0.15, -0.1) is 0 Å². The van der Waals surface area contributed by atoms with E-state index in [0.29, 0.717) is 18.8 Å². The zero-order valence-corrected chi connectivity index (χ0v) is 14.4. The smallest absolute Gasteiger partial charge is 0.410 e. The molecule has 1 aromatic rings. The quantitative estimate of drug-likeness (QED) is 0.892. The second-order valence-corrected chi connectivity index (χ2v) is 6.90. The van der Waals surface area contributed by atoms with Gasteiger partial charge in [-0.2, -0.15) is 0 Å². The number of rotatable bonds is 4. The Labute approximate surface area is 137 Å². The first-order valence-electron chi connectivity index (χ1n) is 7.80. The lowest BCUT2D eigenvalue weighted by molar-refractivity contribution is 0.00430. The van der Waals surface area contributed by atoms with Crippen molar-refractivity contribution >= 4 is 6.09 Å². The fraction of sp³-hybridized carbons (Fsp3) is 0.588. The molecule has 1 amide bonds. The van der Waals surface area contributed by atoms with Crippen molar-refractivity contribution < 1.29 is 19.4 Å². The molecular formula is C17H26N2O4. The zero-order valence-electron chi connectivity index (χ0n) is 14.4. The van der Waals surface area contributed by atoms with Gasteiger partial charge in [0.15, 0.2) is 0 Å². The molecule has 1 unspecified atom stereocenters. The van der Waals surface area contributed by atoms with Crippen LogP contribution in [0.5, 0.6) is 11.5 Å². The van der Waals surface area contributed by atoms with E-state index in [1.54, 1.807) is 18.1 Å². The summed E-state index contributed by atoms with van der Waals surface area (Å²) >= 11 is 0. The van der Waals surface area contributed by atoms with E-state index in [-0.39, 0.29) is 23.9 Å². The average molecular weight is 322 g/mol. The molecule has 6 heteroatoms. The second kappa shape index (κ2) is 6.66. The first kappa shape index (κ1) is 17.4. The number of hydrogen-bond donors (Lipinski definition) is 2. The van der Waals surface area contributed by atoms with E-state index in [1.807, 2.05) is 39.8 Å². The molecule has 0 spiro atoms. The molecule has 0 aromatic heterocycles. The molecule has 1 aromatic carbocycles. The Hall–Kier alpha value is -1.95. The minimum absolute atomic E-state index is 0.0216. The van der Waals surface area contributed by atoms with Gasteiger partial charge in [-0.1, -0.05) is 6.07 Å². The molecule has 1 fully saturated rings. The molecule has 1 atom stereocenters. The maximum Gasteiger partial charge on any atom is 0.410 e. The molecule has 2 rings (SSSR count). The van der Waals surface area contributed by atoms with Crippen LogP contribution in [0.1, 0.15) is 39.3 Å². The highest BCUT2D eigenvalue weighted by molar-refractivity contribution is 5.69. The van der Waals surface area contributed by atoms with Crippen molar-refractivity contribution in [2.75, 3.05) is 20.2 Å². The van der Waals surface area contributed by atoms with Crippen molar-refractivity contribution in [3.63, 3.8) is 0 Å². The second-order valence-electron chi connectivity index (χ2n) is 6.90. The largest absolute Gasteiger partial charge is 0.507 e. The third-order valence-electron chi connectivity index (χ3n) is 3.72. The van der Waals surface area contributed by atoms with Crippen LogP contribution in [0.3, 0.4) is 0 Å². The van der Waals surface area contributed by atoms with E-state index in [0.717, 1.165) is 5.56 Å². The first-order valence-corrected chi connectivity index (χ1v) is 7.80. The van der Waals surface area contributed by atoms with Crippen LogP contribution in [-0.2, 0) is 4.74 Å². The van der Waals surface area contributed by atoms with Crippen LogP contribution in [0.25, 0.3) is 0 Å². The molecule has 1 saturated heterocycles. The van der Waals surface area contributed by atoms with Gasteiger partial charge < -0.3 is 24.8 Å². The van der Waals surface area contributed by atoms with E-state index in [4.69, 9.17) is 9.47 Å². The standard InChI is InChI=1S/C17H26N2O4/c1-11(14-7-6-13(22-5)8-15(14)20)18-12-9-19(10-12)16(21)23-17(2,3)4/h6-8,11-12,18,20H,9-10H2,1-5H3. The van der Waals surface area contributed by atoms with Gasteiger partial charge in [-0.3, -0.25) is 0 Å². The van der Waals surface area contributed by atoms with E-state index in [9.17, 15) is 9.90 Å². The van der Waals surface area contributed by atoms with Crippen LogP contribution in [-0.4, -0.2) is 47.9 Å². The van der Waals surface area contributed by atoms with Gasteiger partial charge in [0.25, 0.3) is 0 Å². The Balaban J connectivity index is 1.84. The number of carbonyl (C=O) groups is 1. The fourth-order valence-corrected chi connectivity index (χ4v) is 2.52. The number of aromatic hydroxyl groups is 1. The third-order valence-corrected chi connectivity index (χ3v) is 3.72. The number of ether oxygens (including phenoxy) is 2. The monoisotopic (exact) mass is 322 g/mol. The summed E-state index contributed by atoms with van der Waals surface area (Å²) in [6.45, 7) is 8.77. The van der Waals surface area contributed by atoms with Crippen LogP contribution in [0.15, 0.2) is 18.2 Å². The minimum atomic E-state index is -0.474. The van der Waals surface area contributed by atoms with Crippen LogP contribution in [0.2, 0.25) is 0 Å². The first-order chi connectivity index (χ1) is 10.7. The highest BCUT2D eigenvalue weighted by atomic mass is 16.6. The molecule has 0 bridgehead atoms. The lowest BCUT2D eigenvalue weighted by Gasteiger charge is -2.41. The maximum absolute atomic E-state index is 11.9. The van der Waals surface area contributed by atoms with Crippen LogP contribution >= 0.6 is 0 Å². The molecule has 1 aliphatic rings. The van der Waals surface area contributed by atoms with Crippen molar-refractivity contribution in [1.29, 1.82) is 0 Å². The van der Waals surface area contributed by atoms with Crippen molar-refractivity contribution in [3.05, 3.63) is 23.8 Å². The van der Waals surface area contributed by atoms with Gasteiger partial charge >= 0.3 is 6.09 Å². The van der Waals surface area contributed by atoms with Gasteiger partial charge in [-0.25, -0.2) is 4.79 Å². The molecule has 0 saturated carbocycles. The number of hydrogen-bond acceptors (Lipinski definition) is 5. The van der Waals surface area contributed by atoms with Crippen LogP contribution in [0, 0.1) is 0 Å². The van der Waals surface area contributed by atoms with Gasteiger partial charge in [0.1, 0.15) is 17.1 Å². The van der Waals surface area contributed by atoms with Crippen LogP contribution in [0.4, 0.5) is 4.79 Å². The Morgan fingerprint density at radius 3 is 2.57 bits per heavy atom. The lowest BCUT2D eigenvalue weighted by Crippen LogP contribution is -2.60. The number of likely N-dealkylation sites (tertiary alicyclic amines) is 1. The number of methoxy groups -OCH3 is 1. The highest BCUT2D eigenvalue weighted by Gasteiger charge is 2.34. The van der Waals surface area contributed by atoms with Gasteiger partial charge in [0, 0.05) is 36.8 Å². The molecule has 1 aliphatic heterocycles. The van der Waals surface area contributed by atoms with E-state index in [1.165, 1.54) is 0 Å². The average Bonchev–Trinajstić information content (AvgIpc) is 2.39. The summed E-state index contributed by atoms with van der Waals surface area (Å²) in [6, 6.07) is 5.43. The van der Waals surface area contributed by atoms with Crippen LogP contribution < -0.4 is 10.1 Å². The topological polar surface area (TPSA) is 71.0 Å². The van der Waals surface area contributed by atoms with Crippen molar-refractivity contribution in [2.24, 2.45) is 0 Å². The number of phenols is 1. The van der Waals surface area contributed by atoms with Gasteiger partial charge in [0.05, 0.1) is 7.11 Å². The summed E-state index contributed by atoms with van der Waals surface area (Å²) in [5, 5.41) is 13.5. The Kier molecular flexibility index (Phi) is 5.04. The number of carbonyl (C=O) groups excluding carboxylic acids is 1. The molecule has 23 heavy (non-hydrogen) atoms. The van der Waals surface area contributed by atoms with Crippen molar-refractivity contribution in [3.8, 4) is 11.5 Å². The number of benzene rings is 1. The SMILES string of the molecule is COc1ccc(C(C)NC2CN(C(=O)OC(C)(C)C)C2)c(O)c1. The van der Waals surface area contributed by atoms with E-state index >= 15 is 0 Å². The molecule has 0 radical (unpaired) electrons. The summed E-state index contributed by atoms with van der Waals surface area (Å²) in [6.07, 6.45) is -0.282. The van der Waals surface area contributed by atoms with E-state index < -0.39 is 5.60 Å². The number of nitrogens with zero attached hydrogens (tertiary/aromatic N) is 1. The Morgan fingerprint density at radius 1 is 1.39 bits per heavy atom. The summed E-state index contributed by atoms with van der Waals surface area (Å²) in [4.78, 5) is 13.6. The molecule has 128 valence electrons.